The minimum atomic E-state index is -3.72. The maximum Gasteiger partial charge on any atom is 0.318 e. The molecule has 0 fully saturated rings. The van der Waals surface area contributed by atoms with E-state index in [0.29, 0.717) is 11.3 Å². The minimum absolute atomic E-state index is 0.0324. The van der Waals surface area contributed by atoms with Crippen LogP contribution in [0.1, 0.15) is 5.69 Å². The van der Waals surface area contributed by atoms with Gasteiger partial charge in [-0.2, -0.15) is 0 Å². The smallest absolute Gasteiger partial charge is 0.318 e. The molecule has 0 aliphatic carbocycles. The molecular formula is C19H18ClN5O3S. The van der Waals surface area contributed by atoms with E-state index in [1.165, 1.54) is 25.2 Å². The van der Waals surface area contributed by atoms with E-state index in [4.69, 9.17) is 17.3 Å². The number of carbonyl (C=O) groups is 1. The van der Waals surface area contributed by atoms with Crippen LogP contribution in [0.15, 0.2) is 59.5 Å². The van der Waals surface area contributed by atoms with Gasteiger partial charge in [0, 0.05) is 24.4 Å². The highest BCUT2D eigenvalue weighted by atomic mass is 35.5. The number of nitrogens with zero attached hydrogens (tertiary/aromatic N) is 2. The lowest BCUT2D eigenvalue weighted by Crippen LogP contribution is -2.24. The van der Waals surface area contributed by atoms with Gasteiger partial charge in [0.25, 0.3) is 0 Å². The molecule has 0 aliphatic rings. The van der Waals surface area contributed by atoms with Crippen molar-refractivity contribution in [1.29, 1.82) is 0 Å². The number of anilines is 2. The summed E-state index contributed by atoms with van der Waals surface area (Å²) < 4.78 is 25.5. The first kappa shape index (κ1) is 20.6. The average Bonchev–Trinajstić information content (AvgIpc) is 2.67. The van der Waals surface area contributed by atoms with Crippen LogP contribution < -0.4 is 16.4 Å². The fourth-order valence-electron chi connectivity index (χ4n) is 2.59. The number of nitrogens with two attached hydrogens (primary N) is 1. The predicted molar refractivity (Wildman–Crippen MR) is 112 cm³/mol. The maximum absolute atomic E-state index is 12.7. The van der Waals surface area contributed by atoms with E-state index >= 15 is 0 Å². The Morgan fingerprint density at radius 2 is 1.79 bits per heavy atom. The van der Waals surface area contributed by atoms with Crippen LogP contribution in [0.2, 0.25) is 5.02 Å². The lowest BCUT2D eigenvalue weighted by atomic mass is 10.2. The summed E-state index contributed by atoms with van der Waals surface area (Å²) in [5.41, 5.74) is 7.31. The molecule has 150 valence electrons. The number of urea groups is 1. The topological polar surface area (TPSA) is 127 Å². The van der Waals surface area contributed by atoms with Gasteiger partial charge in [-0.3, -0.25) is 0 Å². The number of nitrogens with one attached hydrogen (secondary N) is 2. The summed E-state index contributed by atoms with van der Waals surface area (Å²) >= 11 is 6.02. The van der Waals surface area contributed by atoms with Crippen LogP contribution in [-0.2, 0) is 15.6 Å². The molecule has 8 nitrogen and oxygen atoms in total. The quantitative estimate of drug-likeness (QED) is 0.569. The molecular weight excluding hydrogens is 414 g/mol. The highest BCUT2D eigenvalue weighted by molar-refractivity contribution is 7.90. The Kier molecular flexibility index (Phi) is 6.00. The van der Waals surface area contributed by atoms with E-state index in [0.717, 1.165) is 0 Å². The molecule has 0 saturated heterocycles. The second-order valence-corrected chi connectivity index (χ2v) is 8.44. The number of rotatable bonds is 5. The monoisotopic (exact) mass is 431 g/mol. The van der Waals surface area contributed by atoms with Gasteiger partial charge in [0.05, 0.1) is 21.4 Å². The van der Waals surface area contributed by atoms with Crippen molar-refractivity contribution in [3.63, 3.8) is 0 Å². The summed E-state index contributed by atoms with van der Waals surface area (Å²) in [6.07, 6.45) is 0. The number of nitrogen functional groups attached to an aromatic ring is 1. The van der Waals surface area contributed by atoms with Gasteiger partial charge < -0.3 is 16.4 Å². The number of aromatic nitrogens is 2. The lowest BCUT2D eigenvalue weighted by Gasteiger charge is -2.09. The van der Waals surface area contributed by atoms with Gasteiger partial charge in [0.2, 0.25) is 0 Å². The molecule has 4 N–H and O–H groups in total. The third-order valence-electron chi connectivity index (χ3n) is 3.94. The van der Waals surface area contributed by atoms with Crippen LogP contribution in [0.4, 0.5) is 16.3 Å². The molecule has 1 aromatic heterocycles. The van der Waals surface area contributed by atoms with Crippen molar-refractivity contribution in [2.24, 2.45) is 0 Å². The van der Waals surface area contributed by atoms with Crippen LogP contribution in [0.25, 0.3) is 11.4 Å². The summed E-state index contributed by atoms with van der Waals surface area (Å²) in [5, 5.41) is 5.24. The molecule has 0 radical (unpaired) electrons. The first-order valence-corrected chi connectivity index (χ1v) is 10.5. The standard InChI is InChI=1S/C19H18ClN5O3S/c1-22-19(26)24-13-8-6-12(7-9-13)18-23-14(10-17(21)25-18)11-29(27,28)16-5-3-2-4-15(16)20/h2-10H,11H2,1H3,(H2,21,23,25)(H2,22,24,26). The summed E-state index contributed by atoms with van der Waals surface area (Å²) in [7, 11) is -2.20. The average molecular weight is 432 g/mol. The summed E-state index contributed by atoms with van der Waals surface area (Å²) in [6, 6.07) is 14.1. The first-order valence-electron chi connectivity index (χ1n) is 8.48. The van der Waals surface area contributed by atoms with E-state index in [-0.39, 0.29) is 39.0 Å². The van der Waals surface area contributed by atoms with Crippen LogP contribution in [-0.4, -0.2) is 31.5 Å². The normalized spacial score (nSPS) is 11.1. The number of hydrogen-bond acceptors (Lipinski definition) is 6. The van der Waals surface area contributed by atoms with Crippen LogP contribution >= 0.6 is 11.6 Å². The Morgan fingerprint density at radius 1 is 1.10 bits per heavy atom. The molecule has 29 heavy (non-hydrogen) atoms. The molecule has 3 aromatic rings. The summed E-state index contributed by atoms with van der Waals surface area (Å²) in [6.45, 7) is 0. The zero-order valence-corrected chi connectivity index (χ0v) is 17.0. The Labute approximate surface area is 173 Å². The Morgan fingerprint density at radius 3 is 2.45 bits per heavy atom. The number of hydrogen-bond donors (Lipinski definition) is 3. The highest BCUT2D eigenvalue weighted by Crippen LogP contribution is 2.25. The number of halogens is 1. The largest absolute Gasteiger partial charge is 0.384 e. The lowest BCUT2D eigenvalue weighted by molar-refractivity contribution is 0.254. The summed E-state index contributed by atoms with van der Waals surface area (Å²) in [5.74, 6) is 0.0556. The molecule has 0 spiro atoms. The van der Waals surface area contributed by atoms with Crippen molar-refractivity contribution in [1.82, 2.24) is 15.3 Å². The molecule has 2 amide bonds. The molecule has 0 saturated carbocycles. The number of sulfone groups is 1. The van der Waals surface area contributed by atoms with Gasteiger partial charge in [-0.25, -0.2) is 23.2 Å². The van der Waals surface area contributed by atoms with Gasteiger partial charge in [-0.1, -0.05) is 23.7 Å². The van der Waals surface area contributed by atoms with Crippen LogP contribution in [0.3, 0.4) is 0 Å². The minimum Gasteiger partial charge on any atom is -0.384 e. The highest BCUT2D eigenvalue weighted by Gasteiger charge is 2.20. The zero-order chi connectivity index (χ0) is 21.0. The fourth-order valence-corrected chi connectivity index (χ4v) is 4.42. The van der Waals surface area contributed by atoms with Crippen molar-refractivity contribution in [2.75, 3.05) is 18.1 Å². The molecule has 0 aliphatic heterocycles. The van der Waals surface area contributed by atoms with E-state index in [2.05, 4.69) is 20.6 Å². The number of amides is 2. The molecule has 2 aromatic carbocycles. The SMILES string of the molecule is CNC(=O)Nc1ccc(-c2nc(N)cc(CS(=O)(=O)c3ccccc3Cl)n2)cc1. The van der Waals surface area contributed by atoms with Gasteiger partial charge in [-0.05, 0) is 36.4 Å². The van der Waals surface area contributed by atoms with E-state index in [9.17, 15) is 13.2 Å². The molecule has 10 heteroatoms. The molecule has 0 bridgehead atoms. The van der Waals surface area contributed by atoms with Crippen LogP contribution in [0, 0.1) is 0 Å². The van der Waals surface area contributed by atoms with E-state index in [1.54, 1.807) is 36.4 Å². The van der Waals surface area contributed by atoms with Crippen molar-refractivity contribution < 1.29 is 13.2 Å². The second-order valence-electron chi connectivity index (χ2n) is 6.08. The Hall–Kier alpha value is -3.17. The molecule has 0 atom stereocenters. The Balaban J connectivity index is 1.89. The van der Waals surface area contributed by atoms with Gasteiger partial charge >= 0.3 is 6.03 Å². The molecule has 1 heterocycles. The fraction of sp³-hybridized carbons (Fsp3) is 0.105. The van der Waals surface area contributed by atoms with Crippen LogP contribution in [0.5, 0.6) is 0 Å². The van der Waals surface area contributed by atoms with Crippen molar-refractivity contribution in [3.05, 3.63) is 65.3 Å². The van der Waals surface area contributed by atoms with Gasteiger partial charge in [-0.15, -0.1) is 0 Å². The van der Waals surface area contributed by atoms with Gasteiger partial charge in [0.15, 0.2) is 15.7 Å². The molecule has 3 rings (SSSR count). The van der Waals surface area contributed by atoms with Crippen molar-refractivity contribution in [3.8, 4) is 11.4 Å². The third-order valence-corrected chi connectivity index (χ3v) is 6.08. The van der Waals surface area contributed by atoms with Crippen molar-refractivity contribution in [2.45, 2.75) is 10.6 Å². The number of benzene rings is 2. The molecule has 0 unspecified atom stereocenters. The van der Waals surface area contributed by atoms with E-state index < -0.39 is 9.84 Å². The Bertz CT molecular complexity index is 1150. The third kappa shape index (κ3) is 5.01. The van der Waals surface area contributed by atoms with Crippen molar-refractivity contribution >= 4 is 39.0 Å². The predicted octanol–water partition coefficient (Wildman–Crippen LogP) is 3.10. The first-order chi connectivity index (χ1) is 13.8. The second kappa shape index (κ2) is 8.46. The van der Waals surface area contributed by atoms with E-state index in [1.807, 2.05) is 0 Å². The van der Waals surface area contributed by atoms with Gasteiger partial charge in [0.1, 0.15) is 5.82 Å². The summed E-state index contributed by atoms with van der Waals surface area (Å²) in [4.78, 5) is 19.9. The zero-order valence-electron chi connectivity index (χ0n) is 15.4. The number of carbonyl (C=O) groups excluding carboxylic acids is 1. The maximum atomic E-state index is 12.7.